The lowest BCUT2D eigenvalue weighted by molar-refractivity contribution is -0.118. The highest BCUT2D eigenvalue weighted by molar-refractivity contribution is 8.76. The standard InChI is InChI=1S/C16H18N4O4S2/c1-3-13(21)17-11-5-7-19(23)15(9-11)25-26-16-10-12(6-8-20(16)24)18-14(22)4-2/h5-10,23-24H,3-4H2,1-2H3. The number of carbonyl (C=O) groups is 2. The van der Waals surface area contributed by atoms with Crippen LogP contribution in [0, 0.1) is 0 Å². The molecule has 0 aliphatic heterocycles. The van der Waals surface area contributed by atoms with Gasteiger partial charge in [-0.1, -0.05) is 13.8 Å². The number of rotatable bonds is 5. The molecule has 10 heteroatoms. The second-order valence-corrected chi connectivity index (χ2v) is 7.19. The summed E-state index contributed by atoms with van der Waals surface area (Å²) in [5.74, 6) is -0.514. The molecule has 2 amide bonds. The molecule has 26 heavy (non-hydrogen) atoms. The molecule has 0 bridgehead atoms. The summed E-state index contributed by atoms with van der Waals surface area (Å²) in [5, 5.41) is 21.5. The van der Waals surface area contributed by atoms with Crippen molar-refractivity contribution in [3.63, 3.8) is 0 Å². The average Bonchev–Trinajstić information content (AvgIpc) is 2.64. The van der Waals surface area contributed by atoms with Crippen LogP contribution < -0.4 is 10.7 Å². The van der Waals surface area contributed by atoms with Crippen molar-refractivity contribution in [1.29, 1.82) is 0 Å². The molecule has 2 aromatic rings. The van der Waals surface area contributed by atoms with Gasteiger partial charge in [-0.3, -0.25) is 9.59 Å². The first-order chi connectivity index (χ1) is 12.4. The largest absolute Gasteiger partial charge is 0.428 e. The molecule has 0 unspecified atom stereocenters. The van der Waals surface area contributed by atoms with E-state index in [9.17, 15) is 20.0 Å². The Balaban J connectivity index is 2.26. The van der Waals surface area contributed by atoms with Crippen molar-refractivity contribution < 1.29 is 20.0 Å². The Morgan fingerprint density at radius 2 is 1.27 bits per heavy atom. The third kappa shape index (κ3) is 5.53. The predicted octanol–water partition coefficient (Wildman–Crippen LogP) is 2.24. The lowest BCUT2D eigenvalue weighted by Crippen LogP contribution is -2.10. The van der Waals surface area contributed by atoms with Gasteiger partial charge in [-0.2, -0.15) is 9.46 Å². The van der Waals surface area contributed by atoms with Gasteiger partial charge in [0.15, 0.2) is 0 Å². The molecule has 2 heterocycles. The molecule has 2 aromatic heterocycles. The van der Waals surface area contributed by atoms with E-state index in [4.69, 9.17) is 0 Å². The Labute approximate surface area is 157 Å². The molecule has 0 saturated heterocycles. The van der Waals surface area contributed by atoms with Gasteiger partial charge in [0.05, 0.1) is 10.7 Å². The zero-order valence-electron chi connectivity index (χ0n) is 14.2. The third-order valence-electron chi connectivity index (χ3n) is 3.09. The smallest absolute Gasteiger partial charge is 0.245 e. The molecule has 0 fully saturated rings. The average molecular weight is 394 g/mol. The van der Waals surface area contributed by atoms with Gasteiger partial charge >= 0.3 is 0 Å². The third-order valence-corrected chi connectivity index (χ3v) is 5.40. The zero-order valence-corrected chi connectivity index (χ0v) is 15.8. The molecular weight excluding hydrogens is 376 g/mol. The lowest BCUT2D eigenvalue weighted by atomic mass is 10.4. The molecule has 0 radical (unpaired) electrons. The van der Waals surface area contributed by atoms with E-state index in [-0.39, 0.29) is 11.8 Å². The Morgan fingerprint density at radius 3 is 1.62 bits per heavy atom. The van der Waals surface area contributed by atoms with Gasteiger partial charge in [0, 0.05) is 25.2 Å². The van der Waals surface area contributed by atoms with Gasteiger partial charge < -0.3 is 10.4 Å². The molecule has 8 nitrogen and oxygen atoms in total. The summed E-state index contributed by atoms with van der Waals surface area (Å²) in [7, 11) is 2.29. The molecule has 0 aromatic carbocycles. The van der Waals surface area contributed by atoms with E-state index < -0.39 is 0 Å². The molecule has 0 saturated carbocycles. The van der Waals surface area contributed by atoms with E-state index >= 15 is 0 Å². The van der Waals surface area contributed by atoms with Crippen molar-refractivity contribution in [3.05, 3.63) is 47.4 Å². The molecule has 2 rings (SSSR count). The number of carbonyl (C=O) groups excluding carboxylic acids is 2. The van der Waals surface area contributed by atoms with Crippen molar-refractivity contribution in [2.75, 3.05) is 0 Å². The topological polar surface area (TPSA) is 109 Å². The molecular formula is C16H18N4O4S2. The summed E-state index contributed by atoms with van der Waals surface area (Å²) in [6.45, 7) is 3.43. The maximum Gasteiger partial charge on any atom is 0.245 e. The number of pyridine rings is 2. The monoisotopic (exact) mass is 394 g/mol. The maximum absolute atomic E-state index is 11.4. The van der Waals surface area contributed by atoms with E-state index in [1.54, 1.807) is 26.0 Å². The van der Waals surface area contributed by atoms with Crippen molar-refractivity contribution in [3.8, 4) is 0 Å². The Morgan fingerprint density at radius 1 is 0.885 bits per heavy atom. The van der Waals surface area contributed by atoms with Crippen molar-refractivity contribution >= 4 is 33.4 Å². The molecule has 0 aliphatic rings. The van der Waals surface area contributed by atoms with Crippen molar-refractivity contribution in [2.45, 2.75) is 36.7 Å². The van der Waals surface area contributed by atoms with Crippen LogP contribution in [0.25, 0.3) is 0 Å². The van der Waals surface area contributed by atoms with Gasteiger partial charge in [0.25, 0.3) is 0 Å². The van der Waals surface area contributed by atoms with E-state index in [2.05, 4.69) is 9.98 Å². The SMILES string of the molecule is CCC(=O)N=c1ccn(O)c(SSc2cc(=NC(=O)CC)ccn2O)c1. The quantitative estimate of drug-likeness (QED) is 0.595. The van der Waals surface area contributed by atoms with Gasteiger partial charge in [-0.05, 0) is 45.9 Å². The van der Waals surface area contributed by atoms with Crippen LogP contribution in [0.3, 0.4) is 0 Å². The van der Waals surface area contributed by atoms with Gasteiger partial charge in [-0.25, -0.2) is 9.98 Å². The van der Waals surface area contributed by atoms with E-state index in [1.165, 1.54) is 24.5 Å². The lowest BCUT2D eigenvalue weighted by Gasteiger charge is -2.08. The normalized spacial score (nSPS) is 12.4. The molecule has 0 aliphatic carbocycles. The molecule has 138 valence electrons. The minimum Gasteiger partial charge on any atom is -0.428 e. The van der Waals surface area contributed by atoms with E-state index in [1.807, 2.05) is 0 Å². The minimum absolute atomic E-state index is 0.257. The van der Waals surface area contributed by atoms with Crippen LogP contribution in [0.1, 0.15) is 26.7 Å². The fraction of sp³-hybridized carbons (Fsp3) is 0.250. The van der Waals surface area contributed by atoms with Crippen LogP contribution >= 0.6 is 21.6 Å². The highest BCUT2D eigenvalue weighted by Gasteiger charge is 2.06. The van der Waals surface area contributed by atoms with Gasteiger partial charge in [0.2, 0.25) is 11.8 Å². The van der Waals surface area contributed by atoms with E-state index in [0.717, 1.165) is 31.0 Å². The van der Waals surface area contributed by atoms with Crippen LogP contribution in [0.15, 0.2) is 56.7 Å². The summed E-state index contributed by atoms with van der Waals surface area (Å²) in [6.07, 6.45) is 3.34. The Hall–Kier alpha value is -2.46. The fourth-order valence-electron chi connectivity index (χ4n) is 1.72. The Kier molecular flexibility index (Phi) is 7.10. The number of nitrogens with zero attached hydrogens (tertiary/aromatic N) is 4. The van der Waals surface area contributed by atoms with Crippen LogP contribution in [0.4, 0.5) is 0 Å². The first kappa shape index (κ1) is 19.9. The van der Waals surface area contributed by atoms with Crippen LogP contribution in [-0.4, -0.2) is 31.7 Å². The van der Waals surface area contributed by atoms with Gasteiger partial charge in [-0.15, -0.1) is 0 Å². The van der Waals surface area contributed by atoms with Crippen molar-refractivity contribution in [2.24, 2.45) is 9.98 Å². The summed E-state index contributed by atoms with van der Waals surface area (Å²) >= 11 is 0. The van der Waals surface area contributed by atoms with Gasteiger partial charge in [0.1, 0.15) is 10.1 Å². The first-order valence-electron chi connectivity index (χ1n) is 7.76. The highest BCUT2D eigenvalue weighted by atomic mass is 33.1. The fourth-order valence-corrected chi connectivity index (χ4v) is 3.76. The first-order valence-corrected chi connectivity index (χ1v) is 9.91. The van der Waals surface area contributed by atoms with Crippen LogP contribution in [-0.2, 0) is 9.59 Å². The number of amides is 2. The molecule has 0 spiro atoms. The number of aromatic nitrogens is 2. The zero-order chi connectivity index (χ0) is 19.1. The van der Waals surface area contributed by atoms with Crippen LogP contribution in [0.2, 0.25) is 0 Å². The Bertz CT molecular complexity index is 872. The summed E-state index contributed by atoms with van der Waals surface area (Å²) in [6, 6.07) is 6.15. The van der Waals surface area contributed by atoms with Crippen molar-refractivity contribution in [1.82, 2.24) is 9.46 Å². The molecule has 0 atom stereocenters. The maximum atomic E-state index is 11.4. The summed E-state index contributed by atoms with van der Waals surface area (Å²) in [4.78, 5) is 30.7. The predicted molar refractivity (Wildman–Crippen MR) is 96.7 cm³/mol. The van der Waals surface area contributed by atoms with E-state index in [0.29, 0.717) is 33.6 Å². The second kappa shape index (κ2) is 9.30. The summed E-state index contributed by atoms with van der Waals surface area (Å²) in [5.41, 5.74) is 0. The number of hydrogen-bond acceptors (Lipinski definition) is 6. The van der Waals surface area contributed by atoms with Crippen LogP contribution in [0.5, 0.6) is 0 Å². The number of hydrogen-bond donors (Lipinski definition) is 2. The molecule has 2 N–H and O–H groups in total. The highest BCUT2D eigenvalue weighted by Crippen LogP contribution is 2.35. The second-order valence-electron chi connectivity index (χ2n) is 5.02. The minimum atomic E-state index is -0.257. The summed E-state index contributed by atoms with van der Waals surface area (Å²) < 4.78 is 1.79.